The molecule has 0 saturated carbocycles. The summed E-state index contributed by atoms with van der Waals surface area (Å²) in [4.78, 5) is 3.04. The van der Waals surface area contributed by atoms with Gasteiger partial charge in [0.1, 0.15) is 0 Å². The van der Waals surface area contributed by atoms with Crippen LogP contribution in [0.3, 0.4) is 0 Å². The lowest BCUT2D eigenvalue weighted by atomic mass is 9.88. The van der Waals surface area contributed by atoms with Crippen LogP contribution < -0.4 is 5.32 Å². The zero-order valence-electron chi connectivity index (χ0n) is 11.7. The van der Waals surface area contributed by atoms with E-state index in [-0.39, 0.29) is 12.4 Å². The highest BCUT2D eigenvalue weighted by molar-refractivity contribution is 7.11. The highest BCUT2D eigenvalue weighted by Crippen LogP contribution is 2.37. The van der Waals surface area contributed by atoms with Crippen molar-refractivity contribution in [3.63, 3.8) is 0 Å². The third-order valence-corrected chi connectivity index (χ3v) is 6.14. The summed E-state index contributed by atoms with van der Waals surface area (Å²) < 4.78 is 0. The van der Waals surface area contributed by atoms with Gasteiger partial charge in [-0.15, -0.1) is 35.1 Å². The Labute approximate surface area is 135 Å². The van der Waals surface area contributed by atoms with Crippen LogP contribution in [-0.4, -0.2) is 12.6 Å². The molecule has 2 aromatic heterocycles. The molecule has 1 fully saturated rings. The fourth-order valence-corrected chi connectivity index (χ4v) is 4.88. The molecule has 1 N–H and O–H groups in total. The molecular weight excluding hydrogens is 306 g/mol. The third-order valence-electron chi connectivity index (χ3n) is 4.17. The Morgan fingerprint density at radius 2 is 1.85 bits per heavy atom. The van der Waals surface area contributed by atoms with Gasteiger partial charge in [0, 0.05) is 21.7 Å². The number of hydrogen-bond donors (Lipinski definition) is 1. The Balaban J connectivity index is 0.00000147. The third kappa shape index (κ3) is 3.64. The molecule has 4 heteroatoms. The molecule has 1 saturated heterocycles. The van der Waals surface area contributed by atoms with Gasteiger partial charge in [0.05, 0.1) is 0 Å². The van der Waals surface area contributed by atoms with E-state index in [4.69, 9.17) is 0 Å². The molecule has 1 aliphatic rings. The zero-order chi connectivity index (χ0) is 13.1. The van der Waals surface area contributed by atoms with Crippen LogP contribution in [0, 0.1) is 5.92 Å². The Bertz CT molecular complexity index is 440. The van der Waals surface area contributed by atoms with Gasteiger partial charge < -0.3 is 5.32 Å². The molecule has 1 nitrogen and oxygen atoms in total. The zero-order valence-corrected chi connectivity index (χ0v) is 14.2. The standard InChI is InChI=1S/C16H21NS2.ClH/c1-12(14-5-2-8-17-14)11-13(15-6-3-9-18-15)16-7-4-10-19-16;/h3-4,6-7,9-10,12-14,17H,2,5,8,11H2,1H3;1H. The van der Waals surface area contributed by atoms with E-state index >= 15 is 0 Å². The molecule has 2 aromatic rings. The van der Waals surface area contributed by atoms with Gasteiger partial charge in [-0.25, -0.2) is 0 Å². The molecule has 0 bridgehead atoms. The Hall–Kier alpha value is -0.350. The maximum Gasteiger partial charge on any atom is 0.0281 e. The van der Waals surface area contributed by atoms with Crippen LogP contribution in [0.2, 0.25) is 0 Å². The second-order valence-corrected chi connectivity index (χ2v) is 7.46. The van der Waals surface area contributed by atoms with Crippen molar-refractivity contribution in [2.24, 2.45) is 5.92 Å². The van der Waals surface area contributed by atoms with Gasteiger partial charge in [-0.05, 0) is 54.6 Å². The lowest BCUT2D eigenvalue weighted by Crippen LogP contribution is -2.29. The summed E-state index contributed by atoms with van der Waals surface area (Å²) in [5.41, 5.74) is 0. The van der Waals surface area contributed by atoms with Crippen molar-refractivity contribution in [2.75, 3.05) is 6.54 Å². The molecule has 2 atom stereocenters. The highest BCUT2D eigenvalue weighted by Gasteiger charge is 2.26. The second kappa shape index (κ2) is 7.60. The smallest absolute Gasteiger partial charge is 0.0281 e. The summed E-state index contributed by atoms with van der Waals surface area (Å²) >= 11 is 3.80. The van der Waals surface area contributed by atoms with Crippen LogP contribution in [0.4, 0.5) is 0 Å². The molecule has 0 amide bonds. The van der Waals surface area contributed by atoms with Crippen LogP contribution in [-0.2, 0) is 0 Å². The van der Waals surface area contributed by atoms with Crippen molar-refractivity contribution in [1.82, 2.24) is 5.32 Å². The lowest BCUT2D eigenvalue weighted by Gasteiger charge is -2.24. The van der Waals surface area contributed by atoms with Crippen LogP contribution >= 0.6 is 35.1 Å². The van der Waals surface area contributed by atoms with Crippen molar-refractivity contribution in [3.05, 3.63) is 44.8 Å². The van der Waals surface area contributed by atoms with Gasteiger partial charge in [0.2, 0.25) is 0 Å². The first-order chi connectivity index (χ1) is 9.34. The molecule has 0 radical (unpaired) electrons. The Kier molecular flexibility index (Phi) is 6.09. The molecule has 3 heterocycles. The van der Waals surface area contributed by atoms with Gasteiger partial charge >= 0.3 is 0 Å². The number of hydrogen-bond acceptors (Lipinski definition) is 3. The van der Waals surface area contributed by atoms with E-state index in [0.717, 1.165) is 12.0 Å². The molecule has 0 aliphatic carbocycles. The number of halogens is 1. The Morgan fingerprint density at radius 3 is 2.30 bits per heavy atom. The van der Waals surface area contributed by atoms with Crippen molar-refractivity contribution in [3.8, 4) is 0 Å². The number of rotatable bonds is 5. The van der Waals surface area contributed by atoms with Crippen LogP contribution in [0.25, 0.3) is 0 Å². The summed E-state index contributed by atoms with van der Waals surface area (Å²) in [5.74, 6) is 1.34. The minimum absolute atomic E-state index is 0. The normalized spacial score (nSPS) is 20.0. The van der Waals surface area contributed by atoms with Crippen molar-refractivity contribution < 1.29 is 0 Å². The Morgan fingerprint density at radius 1 is 1.20 bits per heavy atom. The monoisotopic (exact) mass is 327 g/mol. The molecule has 3 rings (SSSR count). The predicted octanol–water partition coefficient (Wildman–Crippen LogP) is 5.14. The summed E-state index contributed by atoms with van der Waals surface area (Å²) in [7, 11) is 0. The van der Waals surface area contributed by atoms with E-state index in [1.165, 1.54) is 35.6 Å². The minimum Gasteiger partial charge on any atom is -0.314 e. The van der Waals surface area contributed by atoms with Crippen molar-refractivity contribution >= 4 is 35.1 Å². The summed E-state index contributed by atoms with van der Waals surface area (Å²) in [6.45, 7) is 3.62. The van der Waals surface area contributed by atoms with Gasteiger partial charge in [-0.2, -0.15) is 0 Å². The summed E-state index contributed by atoms with van der Waals surface area (Å²) in [5, 5.41) is 8.06. The van der Waals surface area contributed by atoms with E-state index < -0.39 is 0 Å². The largest absolute Gasteiger partial charge is 0.314 e. The number of nitrogens with one attached hydrogen (secondary N) is 1. The fourth-order valence-electron chi connectivity index (χ4n) is 3.08. The van der Waals surface area contributed by atoms with Gasteiger partial charge in [-0.1, -0.05) is 19.1 Å². The van der Waals surface area contributed by atoms with Crippen LogP contribution in [0.15, 0.2) is 35.0 Å². The average molecular weight is 328 g/mol. The van der Waals surface area contributed by atoms with E-state index in [1.54, 1.807) is 0 Å². The predicted molar refractivity (Wildman–Crippen MR) is 92.5 cm³/mol. The quantitative estimate of drug-likeness (QED) is 0.801. The molecule has 0 spiro atoms. The second-order valence-electron chi connectivity index (χ2n) is 5.50. The SMILES string of the molecule is CC(CC(c1cccs1)c1cccs1)C1CCCN1.Cl. The molecule has 20 heavy (non-hydrogen) atoms. The molecule has 2 unspecified atom stereocenters. The van der Waals surface area contributed by atoms with Gasteiger partial charge in [-0.3, -0.25) is 0 Å². The van der Waals surface area contributed by atoms with E-state index in [1.807, 2.05) is 22.7 Å². The first-order valence-electron chi connectivity index (χ1n) is 7.15. The van der Waals surface area contributed by atoms with Gasteiger partial charge in [0.25, 0.3) is 0 Å². The van der Waals surface area contributed by atoms with E-state index in [2.05, 4.69) is 47.3 Å². The topological polar surface area (TPSA) is 12.0 Å². The average Bonchev–Trinajstić information content (AvgIpc) is 3.17. The van der Waals surface area contributed by atoms with Crippen LogP contribution in [0.5, 0.6) is 0 Å². The van der Waals surface area contributed by atoms with E-state index in [0.29, 0.717) is 5.92 Å². The van der Waals surface area contributed by atoms with Crippen LogP contribution in [0.1, 0.15) is 41.9 Å². The van der Waals surface area contributed by atoms with E-state index in [9.17, 15) is 0 Å². The lowest BCUT2D eigenvalue weighted by molar-refractivity contribution is 0.382. The fraction of sp³-hybridized carbons (Fsp3) is 0.500. The minimum atomic E-state index is 0. The molecular formula is C16H22ClNS2. The van der Waals surface area contributed by atoms with Gasteiger partial charge in [0.15, 0.2) is 0 Å². The molecule has 110 valence electrons. The van der Waals surface area contributed by atoms with Crippen molar-refractivity contribution in [2.45, 2.75) is 38.1 Å². The summed E-state index contributed by atoms with van der Waals surface area (Å²) in [6, 6.07) is 9.67. The maximum absolute atomic E-state index is 3.66. The number of thiophene rings is 2. The summed E-state index contributed by atoms with van der Waals surface area (Å²) in [6.07, 6.45) is 3.96. The van der Waals surface area contributed by atoms with Crippen molar-refractivity contribution in [1.29, 1.82) is 0 Å². The first-order valence-corrected chi connectivity index (χ1v) is 8.90. The molecule has 0 aromatic carbocycles. The maximum atomic E-state index is 3.66. The molecule has 1 aliphatic heterocycles. The first kappa shape index (κ1) is 16.0. The highest BCUT2D eigenvalue weighted by atomic mass is 35.5.